The zero-order valence-corrected chi connectivity index (χ0v) is 23.9. The van der Waals surface area contributed by atoms with Crippen LogP contribution in [0.2, 0.25) is 0 Å². The molecule has 1 aromatic heterocycles. The van der Waals surface area contributed by atoms with Crippen molar-refractivity contribution in [2.75, 3.05) is 16.2 Å². The number of carbonyl (C=O) groups is 1. The van der Waals surface area contributed by atoms with Crippen molar-refractivity contribution in [1.29, 1.82) is 0 Å². The van der Waals surface area contributed by atoms with Crippen molar-refractivity contribution in [2.45, 2.75) is 76.9 Å². The molecule has 0 spiro atoms. The fourth-order valence-corrected chi connectivity index (χ4v) is 7.07. The molecule has 2 aliphatic carbocycles. The number of hydrogen-bond donors (Lipinski definition) is 2. The van der Waals surface area contributed by atoms with Gasteiger partial charge < -0.3 is 10.1 Å². The molecule has 11 heteroatoms. The summed E-state index contributed by atoms with van der Waals surface area (Å²) in [6.45, 7) is 4.34. The summed E-state index contributed by atoms with van der Waals surface area (Å²) in [6, 6.07) is 1.19. The molecule has 1 radical (unpaired) electrons. The molecule has 2 aromatic rings. The maximum Gasteiger partial charge on any atom is 0.334 e. The van der Waals surface area contributed by atoms with Gasteiger partial charge in [0.25, 0.3) is 0 Å². The second-order valence-corrected chi connectivity index (χ2v) is 11.8. The van der Waals surface area contributed by atoms with E-state index in [0.717, 1.165) is 55.3 Å². The van der Waals surface area contributed by atoms with E-state index in [0.29, 0.717) is 25.1 Å². The Morgan fingerprint density at radius 1 is 1.17 bits per heavy atom. The first-order chi connectivity index (χ1) is 16.1. The van der Waals surface area contributed by atoms with Crippen molar-refractivity contribution in [3.63, 3.8) is 0 Å². The number of ether oxygens (including phenoxy) is 1. The van der Waals surface area contributed by atoms with Crippen LogP contribution in [-0.4, -0.2) is 72.0 Å². The number of rotatable bonds is 5. The van der Waals surface area contributed by atoms with Crippen LogP contribution in [-0.2, 0) is 47.7 Å². The predicted molar refractivity (Wildman–Crippen MR) is 136 cm³/mol. The maximum absolute atomic E-state index is 13.6. The van der Waals surface area contributed by atoms with Gasteiger partial charge in [-0.05, 0) is 87.5 Å². The summed E-state index contributed by atoms with van der Waals surface area (Å²) in [5.74, 6) is 0. The van der Waals surface area contributed by atoms with Crippen LogP contribution < -0.4 is 14.3 Å². The van der Waals surface area contributed by atoms with Gasteiger partial charge in [-0.3, -0.25) is 4.68 Å². The van der Waals surface area contributed by atoms with Crippen LogP contribution in [0.15, 0.2) is 18.5 Å². The Hall–Kier alpha value is -1.59. The number of urea groups is 1. The standard InChI is InChI=1S/C24H33N5O4S.Na/c1-24(2)13-18(10-11-33-24)29(19-14-25-28(3)15-19)34(31,32)27-23(30)26-22-20-8-4-6-16(20)12-17-7-5-9-21(17)22;/h12,14-15,18H,4-11,13H2,1-3H3,(H2,26,27,30);. The molecule has 2 amide bonds. The van der Waals surface area contributed by atoms with E-state index >= 15 is 0 Å². The number of anilines is 2. The molecule has 2 heterocycles. The van der Waals surface area contributed by atoms with Gasteiger partial charge in [-0.25, -0.2) is 13.8 Å². The molecule has 9 nitrogen and oxygen atoms in total. The number of nitrogens with zero attached hydrogens (tertiary/aromatic N) is 3. The van der Waals surface area contributed by atoms with E-state index in [9.17, 15) is 13.2 Å². The van der Waals surface area contributed by atoms with Crippen LogP contribution in [0.25, 0.3) is 0 Å². The van der Waals surface area contributed by atoms with Crippen molar-refractivity contribution in [2.24, 2.45) is 7.05 Å². The summed E-state index contributed by atoms with van der Waals surface area (Å²) in [7, 11) is -2.46. The Balaban J connectivity index is 0.00000289. The summed E-state index contributed by atoms with van der Waals surface area (Å²) >= 11 is 0. The molecule has 5 rings (SSSR count). The summed E-state index contributed by atoms with van der Waals surface area (Å²) in [4.78, 5) is 13.1. The predicted octanol–water partition coefficient (Wildman–Crippen LogP) is 2.85. The topological polar surface area (TPSA) is 106 Å². The second kappa shape index (κ2) is 10.0. The molecular weight excluding hydrogens is 477 g/mol. The van der Waals surface area contributed by atoms with Gasteiger partial charge >= 0.3 is 16.2 Å². The molecule has 1 saturated heterocycles. The van der Waals surface area contributed by atoms with E-state index < -0.39 is 21.8 Å². The third-order valence-electron chi connectivity index (χ3n) is 7.14. The number of aryl methyl sites for hydroxylation is 3. The summed E-state index contributed by atoms with van der Waals surface area (Å²) in [5.41, 5.74) is 5.64. The van der Waals surface area contributed by atoms with Crippen molar-refractivity contribution in [1.82, 2.24) is 14.5 Å². The van der Waals surface area contributed by atoms with E-state index in [2.05, 4.69) is 21.2 Å². The molecular formula is C24H33N5NaO4S. The Morgan fingerprint density at radius 2 is 1.83 bits per heavy atom. The number of benzene rings is 1. The van der Waals surface area contributed by atoms with Gasteiger partial charge in [0, 0.05) is 55.1 Å². The monoisotopic (exact) mass is 510 g/mol. The Bertz CT molecular complexity index is 1190. The normalized spacial score (nSPS) is 20.5. The number of amides is 2. The minimum absolute atomic E-state index is 0. The number of nitrogens with one attached hydrogen (secondary N) is 2. The summed E-state index contributed by atoms with van der Waals surface area (Å²) in [6.07, 6.45) is 10.1. The average molecular weight is 511 g/mol. The zero-order valence-electron chi connectivity index (χ0n) is 21.1. The second-order valence-electron chi connectivity index (χ2n) is 10.2. The van der Waals surface area contributed by atoms with Crippen molar-refractivity contribution < 1.29 is 17.9 Å². The first-order valence-corrected chi connectivity index (χ1v) is 13.5. The van der Waals surface area contributed by atoms with Crippen LogP contribution in [0.4, 0.5) is 16.2 Å². The molecule has 1 aliphatic heterocycles. The largest absolute Gasteiger partial charge is 0.375 e. The molecule has 3 aliphatic rings. The number of aromatic nitrogens is 2. The molecule has 185 valence electrons. The van der Waals surface area contributed by atoms with Gasteiger partial charge in [0.05, 0.1) is 23.5 Å². The molecule has 1 atom stereocenters. The molecule has 0 bridgehead atoms. The zero-order chi connectivity index (χ0) is 24.1. The van der Waals surface area contributed by atoms with E-state index in [1.165, 1.54) is 21.6 Å². The van der Waals surface area contributed by atoms with Crippen LogP contribution in [0.3, 0.4) is 0 Å². The average Bonchev–Trinajstić information content (AvgIpc) is 3.47. The van der Waals surface area contributed by atoms with Crippen molar-refractivity contribution in [3.05, 3.63) is 40.7 Å². The van der Waals surface area contributed by atoms with Gasteiger partial charge in [-0.1, -0.05) is 6.07 Å². The molecule has 0 saturated carbocycles. The van der Waals surface area contributed by atoms with E-state index in [1.54, 1.807) is 17.9 Å². The molecule has 1 fully saturated rings. The first-order valence-electron chi connectivity index (χ1n) is 12.1. The third kappa shape index (κ3) is 5.41. The fraction of sp³-hybridized carbons (Fsp3) is 0.583. The van der Waals surface area contributed by atoms with Gasteiger partial charge in [0.1, 0.15) is 0 Å². The number of carbonyl (C=O) groups excluding carboxylic acids is 1. The van der Waals surface area contributed by atoms with Crippen LogP contribution in [0.5, 0.6) is 0 Å². The minimum atomic E-state index is -4.20. The molecule has 2 N–H and O–H groups in total. The van der Waals surface area contributed by atoms with Crippen molar-refractivity contribution in [3.8, 4) is 0 Å². The summed E-state index contributed by atoms with van der Waals surface area (Å²) in [5, 5.41) is 7.09. The maximum atomic E-state index is 13.6. The molecule has 35 heavy (non-hydrogen) atoms. The smallest absolute Gasteiger partial charge is 0.334 e. The Labute approximate surface area is 229 Å². The molecule has 1 aromatic carbocycles. The van der Waals surface area contributed by atoms with Gasteiger partial charge in [-0.2, -0.15) is 13.5 Å². The quantitative estimate of drug-likeness (QED) is 0.602. The third-order valence-corrected chi connectivity index (χ3v) is 8.61. The van der Waals surface area contributed by atoms with E-state index in [4.69, 9.17) is 4.74 Å². The van der Waals surface area contributed by atoms with Gasteiger partial charge in [0.15, 0.2) is 0 Å². The Kier molecular flexibility index (Phi) is 7.60. The minimum Gasteiger partial charge on any atom is -0.375 e. The number of fused-ring (bicyclic) bond motifs is 2. The van der Waals surface area contributed by atoms with Crippen LogP contribution >= 0.6 is 0 Å². The van der Waals surface area contributed by atoms with Crippen LogP contribution in [0.1, 0.15) is 61.8 Å². The summed E-state index contributed by atoms with van der Waals surface area (Å²) < 4.78 is 38.1. The van der Waals surface area contributed by atoms with Gasteiger partial charge in [0.2, 0.25) is 0 Å². The Morgan fingerprint density at radius 3 is 2.40 bits per heavy atom. The molecule has 1 unspecified atom stereocenters. The van der Waals surface area contributed by atoms with Gasteiger partial charge in [-0.15, -0.1) is 0 Å². The van der Waals surface area contributed by atoms with E-state index in [1.807, 2.05) is 13.8 Å². The van der Waals surface area contributed by atoms with Crippen LogP contribution in [0, 0.1) is 0 Å². The number of hydrogen-bond acceptors (Lipinski definition) is 5. The SMILES string of the molecule is Cn1cc(N(C2CCOC(C)(C)C2)S(=O)(=O)NC(=O)Nc2c3c(cc4c2CCC4)CCC3)cn1.[Na]. The van der Waals surface area contributed by atoms with Crippen molar-refractivity contribution >= 4 is 57.2 Å². The fourth-order valence-electron chi connectivity index (χ4n) is 5.74. The first kappa shape index (κ1) is 26.5. The van der Waals surface area contributed by atoms with E-state index in [-0.39, 0.29) is 35.6 Å².